The summed E-state index contributed by atoms with van der Waals surface area (Å²) in [6.07, 6.45) is 2.14. The summed E-state index contributed by atoms with van der Waals surface area (Å²) in [5, 5.41) is 5.60. The van der Waals surface area contributed by atoms with Gasteiger partial charge in [-0.05, 0) is 37.4 Å². The molecule has 2 heterocycles. The van der Waals surface area contributed by atoms with Gasteiger partial charge in [-0.2, -0.15) is 0 Å². The molecule has 0 bridgehead atoms. The lowest BCUT2D eigenvalue weighted by Crippen LogP contribution is -2.52. The summed E-state index contributed by atoms with van der Waals surface area (Å²) in [6.45, 7) is -0.0477. The van der Waals surface area contributed by atoms with Crippen LogP contribution in [0.3, 0.4) is 0 Å². The summed E-state index contributed by atoms with van der Waals surface area (Å²) in [7, 11) is -1.43. The first-order chi connectivity index (χ1) is 14.2. The molecule has 9 nitrogen and oxygen atoms in total. The summed E-state index contributed by atoms with van der Waals surface area (Å²) >= 11 is 0. The highest BCUT2D eigenvalue weighted by atomic mass is 32.2. The zero-order valence-electron chi connectivity index (χ0n) is 16.9. The van der Waals surface area contributed by atoms with Crippen molar-refractivity contribution < 1.29 is 22.8 Å². The van der Waals surface area contributed by atoms with E-state index in [4.69, 9.17) is 0 Å². The van der Waals surface area contributed by atoms with Crippen molar-refractivity contribution in [3.8, 4) is 0 Å². The maximum absolute atomic E-state index is 13.1. The van der Waals surface area contributed by atoms with Gasteiger partial charge in [0, 0.05) is 12.5 Å². The molecular formula is C20H26N4O5S. The van der Waals surface area contributed by atoms with E-state index >= 15 is 0 Å². The molecule has 1 aromatic rings. The van der Waals surface area contributed by atoms with E-state index in [0.29, 0.717) is 19.3 Å². The molecular weight excluding hydrogens is 408 g/mol. The second kappa shape index (κ2) is 7.66. The van der Waals surface area contributed by atoms with E-state index in [9.17, 15) is 22.8 Å². The summed E-state index contributed by atoms with van der Waals surface area (Å²) < 4.78 is 23.0. The highest BCUT2D eigenvalue weighted by Crippen LogP contribution is 2.33. The predicted octanol–water partition coefficient (Wildman–Crippen LogP) is -0.341. The third kappa shape index (κ3) is 4.06. The lowest BCUT2D eigenvalue weighted by Gasteiger charge is -2.32. The van der Waals surface area contributed by atoms with Gasteiger partial charge in [-0.1, -0.05) is 24.3 Å². The molecule has 162 valence electrons. The lowest BCUT2D eigenvalue weighted by molar-refractivity contribution is -0.134. The monoisotopic (exact) mass is 434 g/mol. The summed E-state index contributed by atoms with van der Waals surface area (Å²) in [6, 6.07) is 7.10. The fraction of sp³-hybridized carbons (Fsp3) is 0.550. The van der Waals surface area contributed by atoms with Crippen molar-refractivity contribution in [1.82, 2.24) is 20.4 Å². The summed E-state index contributed by atoms with van der Waals surface area (Å²) in [5.41, 5.74) is 1.34. The molecule has 10 heteroatoms. The molecule has 2 fully saturated rings. The van der Waals surface area contributed by atoms with Crippen LogP contribution in [0.2, 0.25) is 0 Å². The molecule has 1 aromatic carbocycles. The summed E-state index contributed by atoms with van der Waals surface area (Å²) in [4.78, 5) is 40.6. The van der Waals surface area contributed by atoms with E-state index < -0.39 is 21.4 Å². The Hall–Kier alpha value is -2.46. The second-order valence-electron chi connectivity index (χ2n) is 8.51. The van der Waals surface area contributed by atoms with E-state index in [0.717, 1.165) is 16.9 Å². The Bertz CT molecular complexity index is 995. The fourth-order valence-corrected chi connectivity index (χ4v) is 6.22. The number of rotatable bonds is 5. The first-order valence-electron chi connectivity index (χ1n) is 10.1. The van der Waals surface area contributed by atoms with Crippen LogP contribution >= 0.6 is 0 Å². The Morgan fingerprint density at radius 3 is 2.73 bits per heavy atom. The molecule has 1 spiro atoms. The van der Waals surface area contributed by atoms with Crippen LogP contribution in [0.25, 0.3) is 0 Å². The van der Waals surface area contributed by atoms with Crippen molar-refractivity contribution in [2.24, 2.45) is 0 Å². The molecule has 1 aliphatic carbocycles. The lowest BCUT2D eigenvalue weighted by atomic mass is 9.78. The fourth-order valence-electron chi connectivity index (χ4n) is 4.55. The molecule has 0 aromatic heterocycles. The topological polar surface area (TPSA) is 116 Å². The normalized spacial score (nSPS) is 27.4. The Morgan fingerprint density at radius 1 is 1.30 bits per heavy atom. The van der Waals surface area contributed by atoms with E-state index in [1.807, 2.05) is 24.3 Å². The van der Waals surface area contributed by atoms with Crippen LogP contribution in [0.5, 0.6) is 0 Å². The van der Waals surface area contributed by atoms with Crippen LogP contribution in [0.15, 0.2) is 24.3 Å². The Balaban J connectivity index is 1.35. The number of aryl methyl sites for hydroxylation is 1. The maximum atomic E-state index is 13.1. The largest absolute Gasteiger partial charge is 0.351 e. The summed E-state index contributed by atoms with van der Waals surface area (Å²) in [5.74, 6) is -0.551. The highest BCUT2D eigenvalue weighted by Gasteiger charge is 2.52. The van der Waals surface area contributed by atoms with Gasteiger partial charge in [-0.3, -0.25) is 14.5 Å². The Labute approximate surface area is 175 Å². The van der Waals surface area contributed by atoms with E-state index in [1.54, 1.807) is 11.9 Å². The molecule has 2 saturated heterocycles. The average molecular weight is 435 g/mol. The van der Waals surface area contributed by atoms with Crippen molar-refractivity contribution in [2.75, 3.05) is 31.8 Å². The highest BCUT2D eigenvalue weighted by molar-refractivity contribution is 7.91. The van der Waals surface area contributed by atoms with Gasteiger partial charge in [0.2, 0.25) is 5.91 Å². The number of nitrogens with one attached hydrogen (secondary N) is 2. The van der Waals surface area contributed by atoms with Crippen molar-refractivity contribution in [2.45, 2.75) is 37.3 Å². The van der Waals surface area contributed by atoms with Crippen LogP contribution in [-0.2, 0) is 32.3 Å². The van der Waals surface area contributed by atoms with Crippen LogP contribution in [-0.4, -0.2) is 79.4 Å². The van der Waals surface area contributed by atoms with Crippen molar-refractivity contribution in [3.05, 3.63) is 35.4 Å². The van der Waals surface area contributed by atoms with Crippen LogP contribution in [0.1, 0.15) is 24.0 Å². The average Bonchev–Trinajstić information content (AvgIpc) is 3.12. The minimum atomic E-state index is -3.07. The molecule has 0 radical (unpaired) electrons. The number of fused-ring (bicyclic) bond motifs is 1. The minimum absolute atomic E-state index is 0.00948. The van der Waals surface area contributed by atoms with Crippen molar-refractivity contribution in [3.63, 3.8) is 0 Å². The molecule has 2 atom stereocenters. The van der Waals surface area contributed by atoms with Crippen LogP contribution in [0, 0.1) is 0 Å². The standard InChI is InChI=1S/C20H26N4O5S/c1-23(11-17(25)21-16-7-9-30(28,29)12-16)13-24-18(26)20(22-19(24)27)8-6-14-4-2-3-5-15(14)10-20/h2-5,16H,6-13H2,1H3,(H,21,25)(H,22,27). The van der Waals surface area contributed by atoms with E-state index in [1.165, 1.54) is 5.56 Å². The number of nitrogens with zero attached hydrogens (tertiary/aromatic N) is 2. The van der Waals surface area contributed by atoms with Crippen LogP contribution in [0.4, 0.5) is 4.79 Å². The SMILES string of the molecule is CN(CC(=O)NC1CCS(=O)(=O)C1)CN1C(=O)NC2(CCc3ccccc3C2)C1=O. The number of carbonyl (C=O) groups excluding carboxylic acids is 3. The van der Waals surface area contributed by atoms with Gasteiger partial charge in [-0.25, -0.2) is 18.1 Å². The molecule has 2 aliphatic heterocycles. The number of imide groups is 1. The van der Waals surface area contributed by atoms with Gasteiger partial charge >= 0.3 is 6.03 Å². The third-order valence-corrected chi connectivity index (χ3v) is 7.84. The minimum Gasteiger partial charge on any atom is -0.351 e. The van der Waals surface area contributed by atoms with Gasteiger partial charge in [-0.15, -0.1) is 0 Å². The van der Waals surface area contributed by atoms with Gasteiger partial charge in [0.05, 0.1) is 24.7 Å². The molecule has 0 saturated carbocycles. The first-order valence-corrected chi connectivity index (χ1v) is 11.9. The van der Waals surface area contributed by atoms with Crippen molar-refractivity contribution in [1.29, 1.82) is 0 Å². The molecule has 2 unspecified atom stereocenters. The number of urea groups is 1. The zero-order valence-corrected chi connectivity index (χ0v) is 17.7. The number of hydrogen-bond donors (Lipinski definition) is 2. The number of amides is 4. The number of hydrogen-bond acceptors (Lipinski definition) is 6. The number of carbonyl (C=O) groups is 3. The van der Waals surface area contributed by atoms with Gasteiger partial charge < -0.3 is 10.6 Å². The molecule has 4 amide bonds. The Kier molecular flexibility index (Phi) is 5.31. The quantitative estimate of drug-likeness (QED) is 0.613. The molecule has 3 aliphatic rings. The number of likely N-dealkylation sites (N-methyl/N-ethyl adjacent to an activating group) is 1. The molecule has 2 N–H and O–H groups in total. The van der Waals surface area contributed by atoms with Crippen molar-refractivity contribution >= 4 is 27.7 Å². The first kappa shape index (κ1) is 20.8. The molecule has 4 rings (SSSR count). The second-order valence-corrected chi connectivity index (χ2v) is 10.7. The van der Waals surface area contributed by atoms with Crippen LogP contribution < -0.4 is 10.6 Å². The Morgan fingerprint density at radius 2 is 2.03 bits per heavy atom. The van der Waals surface area contributed by atoms with Gasteiger partial charge in [0.1, 0.15) is 5.54 Å². The number of benzene rings is 1. The number of sulfone groups is 1. The third-order valence-electron chi connectivity index (χ3n) is 6.07. The predicted molar refractivity (Wildman–Crippen MR) is 109 cm³/mol. The van der Waals surface area contributed by atoms with E-state index in [2.05, 4.69) is 10.6 Å². The van der Waals surface area contributed by atoms with Gasteiger partial charge in [0.25, 0.3) is 5.91 Å². The zero-order chi connectivity index (χ0) is 21.5. The van der Waals surface area contributed by atoms with E-state index in [-0.39, 0.29) is 42.6 Å². The smallest absolute Gasteiger partial charge is 0.326 e. The van der Waals surface area contributed by atoms with Gasteiger partial charge in [0.15, 0.2) is 9.84 Å². The maximum Gasteiger partial charge on any atom is 0.326 e. The molecule has 30 heavy (non-hydrogen) atoms.